The molecule has 2 aromatic rings. The minimum atomic E-state index is -1.11. The maximum atomic E-state index is 10.6. The van der Waals surface area contributed by atoms with Crippen LogP contribution in [0.2, 0.25) is 0 Å². The molecule has 0 saturated carbocycles. The van der Waals surface area contributed by atoms with Gasteiger partial charge in [-0.15, -0.1) is 0 Å². The minimum absolute atomic E-state index is 0.107. The van der Waals surface area contributed by atoms with Crippen LogP contribution in [-0.2, 0) is 0 Å². The van der Waals surface area contributed by atoms with Gasteiger partial charge < -0.3 is 9.52 Å². The molecule has 0 aliphatic rings. The van der Waals surface area contributed by atoms with Crippen molar-refractivity contribution in [1.82, 2.24) is 4.98 Å². The Morgan fingerprint density at radius 1 is 1.38 bits per heavy atom. The van der Waals surface area contributed by atoms with Crippen LogP contribution in [0.15, 0.2) is 37.8 Å². The highest BCUT2D eigenvalue weighted by Gasteiger charge is 2.13. The Kier molecular flexibility index (Phi) is 3.11. The Hall–Kier alpha value is -1.14. The Labute approximate surface area is 108 Å². The third-order valence-corrected chi connectivity index (χ3v) is 3.03. The molecule has 0 spiro atoms. The highest BCUT2D eigenvalue weighted by atomic mass is 79.9. The number of oxazole rings is 1. The lowest BCUT2D eigenvalue weighted by molar-refractivity contribution is 0.0690. The maximum Gasteiger partial charge on any atom is 0.357 e. The molecule has 6 heteroatoms. The number of nitrogens with zero attached hydrogens (tertiary/aromatic N) is 1. The molecular formula is C10H5Br2NO3. The largest absolute Gasteiger partial charge is 0.476 e. The highest BCUT2D eigenvalue weighted by Crippen LogP contribution is 2.30. The number of halogens is 2. The number of benzene rings is 1. The van der Waals surface area contributed by atoms with Crippen LogP contribution in [0.1, 0.15) is 10.5 Å². The number of aromatic nitrogens is 1. The number of aromatic carboxylic acids is 1. The van der Waals surface area contributed by atoms with Crippen molar-refractivity contribution in [2.75, 3.05) is 0 Å². The van der Waals surface area contributed by atoms with Crippen molar-refractivity contribution in [2.24, 2.45) is 0 Å². The lowest BCUT2D eigenvalue weighted by Gasteiger charge is -1.99. The molecule has 1 heterocycles. The minimum Gasteiger partial charge on any atom is -0.476 e. The van der Waals surface area contributed by atoms with Crippen molar-refractivity contribution in [3.63, 3.8) is 0 Å². The molecule has 1 N–H and O–H groups in total. The summed E-state index contributed by atoms with van der Waals surface area (Å²) in [5.74, 6) is -0.833. The van der Waals surface area contributed by atoms with Gasteiger partial charge in [0.05, 0.1) is 5.56 Å². The Balaban J connectivity index is 2.46. The summed E-state index contributed by atoms with van der Waals surface area (Å²) in [4.78, 5) is 14.5. The summed E-state index contributed by atoms with van der Waals surface area (Å²) in [6.07, 6.45) is 1.12. The number of hydrogen-bond acceptors (Lipinski definition) is 3. The molecule has 16 heavy (non-hydrogen) atoms. The number of carboxylic acids is 1. The maximum absolute atomic E-state index is 10.6. The van der Waals surface area contributed by atoms with Crippen molar-refractivity contribution >= 4 is 37.8 Å². The molecule has 2 rings (SSSR count). The van der Waals surface area contributed by atoms with E-state index >= 15 is 0 Å². The van der Waals surface area contributed by atoms with Gasteiger partial charge in [-0.1, -0.05) is 15.9 Å². The van der Waals surface area contributed by atoms with E-state index < -0.39 is 5.97 Å². The fourth-order valence-electron chi connectivity index (χ4n) is 1.16. The van der Waals surface area contributed by atoms with Gasteiger partial charge in [-0.2, -0.15) is 0 Å². The van der Waals surface area contributed by atoms with Crippen LogP contribution in [0.25, 0.3) is 11.5 Å². The smallest absolute Gasteiger partial charge is 0.357 e. The van der Waals surface area contributed by atoms with Crippen LogP contribution in [0.4, 0.5) is 0 Å². The average molecular weight is 347 g/mol. The second kappa shape index (κ2) is 4.39. The van der Waals surface area contributed by atoms with Crippen LogP contribution < -0.4 is 0 Å². The predicted molar refractivity (Wildman–Crippen MR) is 64.3 cm³/mol. The van der Waals surface area contributed by atoms with E-state index in [2.05, 4.69) is 36.8 Å². The van der Waals surface area contributed by atoms with Gasteiger partial charge in [0.25, 0.3) is 0 Å². The third-order valence-electron chi connectivity index (χ3n) is 1.88. The first-order valence-electron chi connectivity index (χ1n) is 4.22. The molecule has 0 fully saturated rings. The van der Waals surface area contributed by atoms with E-state index in [1.165, 1.54) is 0 Å². The number of carboxylic acid groups (broad SMARTS) is 1. The molecule has 82 valence electrons. The van der Waals surface area contributed by atoms with Crippen LogP contribution in [0.3, 0.4) is 0 Å². The molecule has 0 atom stereocenters. The SMILES string of the molecule is O=C(O)c1coc(-c2ccc(Br)cc2Br)n1. The normalized spacial score (nSPS) is 10.4. The van der Waals surface area contributed by atoms with Crippen LogP contribution in [-0.4, -0.2) is 16.1 Å². The van der Waals surface area contributed by atoms with Crippen LogP contribution >= 0.6 is 31.9 Å². The first-order valence-corrected chi connectivity index (χ1v) is 5.81. The van der Waals surface area contributed by atoms with Crippen molar-refractivity contribution in [3.05, 3.63) is 39.1 Å². The summed E-state index contributed by atoms with van der Waals surface area (Å²) in [6, 6.07) is 5.44. The van der Waals surface area contributed by atoms with Gasteiger partial charge in [-0.25, -0.2) is 9.78 Å². The molecule has 0 aliphatic carbocycles. The van der Waals surface area contributed by atoms with E-state index in [1.54, 1.807) is 6.07 Å². The number of carbonyl (C=O) groups is 1. The Morgan fingerprint density at radius 3 is 2.69 bits per heavy atom. The fourth-order valence-corrected chi connectivity index (χ4v) is 2.38. The zero-order valence-electron chi connectivity index (χ0n) is 7.78. The second-order valence-electron chi connectivity index (χ2n) is 2.97. The molecule has 0 radical (unpaired) electrons. The molecule has 0 saturated heterocycles. The van der Waals surface area contributed by atoms with Gasteiger partial charge in [0, 0.05) is 8.95 Å². The van der Waals surface area contributed by atoms with Crippen molar-refractivity contribution in [2.45, 2.75) is 0 Å². The average Bonchev–Trinajstić information content (AvgIpc) is 2.66. The summed E-state index contributed by atoms with van der Waals surface area (Å²) in [6.45, 7) is 0. The first kappa shape index (κ1) is 11.3. The van der Waals surface area contributed by atoms with Crippen LogP contribution in [0, 0.1) is 0 Å². The molecule has 4 nitrogen and oxygen atoms in total. The first-order chi connectivity index (χ1) is 7.58. The van der Waals surface area contributed by atoms with Gasteiger partial charge in [0.15, 0.2) is 5.69 Å². The summed E-state index contributed by atoms with van der Waals surface area (Å²) >= 11 is 6.67. The zero-order valence-corrected chi connectivity index (χ0v) is 10.9. The molecular weight excluding hydrogens is 342 g/mol. The van der Waals surface area contributed by atoms with Gasteiger partial charge in [0.1, 0.15) is 6.26 Å². The highest BCUT2D eigenvalue weighted by molar-refractivity contribution is 9.11. The second-order valence-corrected chi connectivity index (χ2v) is 4.74. The topological polar surface area (TPSA) is 63.3 Å². The van der Waals surface area contributed by atoms with E-state index in [0.29, 0.717) is 5.56 Å². The quantitative estimate of drug-likeness (QED) is 0.902. The van der Waals surface area contributed by atoms with E-state index in [-0.39, 0.29) is 11.6 Å². The summed E-state index contributed by atoms with van der Waals surface area (Å²) < 4.78 is 6.78. The Morgan fingerprint density at radius 2 is 2.12 bits per heavy atom. The predicted octanol–water partition coefficient (Wildman–Crippen LogP) is 3.56. The van der Waals surface area contributed by atoms with Crippen LogP contribution in [0.5, 0.6) is 0 Å². The van der Waals surface area contributed by atoms with E-state index in [9.17, 15) is 4.79 Å². The molecule has 0 amide bonds. The lowest BCUT2D eigenvalue weighted by atomic mass is 10.2. The molecule has 1 aromatic carbocycles. The summed E-state index contributed by atoms with van der Waals surface area (Å²) in [5, 5.41) is 8.72. The van der Waals surface area contributed by atoms with E-state index in [0.717, 1.165) is 15.2 Å². The third kappa shape index (κ3) is 2.17. The lowest BCUT2D eigenvalue weighted by Crippen LogP contribution is -1.95. The van der Waals surface area contributed by atoms with Crippen molar-refractivity contribution in [1.29, 1.82) is 0 Å². The van der Waals surface area contributed by atoms with Crippen molar-refractivity contribution < 1.29 is 14.3 Å². The number of hydrogen-bond donors (Lipinski definition) is 1. The molecule has 0 unspecified atom stereocenters. The standard InChI is InChI=1S/C10H5Br2NO3/c11-5-1-2-6(7(12)3-5)9-13-8(4-16-9)10(14)15/h1-4H,(H,14,15). The fraction of sp³-hybridized carbons (Fsp3) is 0. The van der Waals surface area contributed by atoms with E-state index in [4.69, 9.17) is 9.52 Å². The monoisotopic (exact) mass is 345 g/mol. The molecule has 0 aliphatic heterocycles. The van der Waals surface area contributed by atoms with E-state index in [1.807, 2.05) is 12.1 Å². The van der Waals surface area contributed by atoms with Gasteiger partial charge in [-0.05, 0) is 34.1 Å². The zero-order chi connectivity index (χ0) is 11.7. The Bertz CT molecular complexity index is 551. The van der Waals surface area contributed by atoms with Gasteiger partial charge in [0.2, 0.25) is 5.89 Å². The van der Waals surface area contributed by atoms with Crippen molar-refractivity contribution in [3.8, 4) is 11.5 Å². The number of rotatable bonds is 2. The van der Waals surface area contributed by atoms with Gasteiger partial charge >= 0.3 is 5.97 Å². The summed E-state index contributed by atoms with van der Waals surface area (Å²) in [5.41, 5.74) is 0.598. The molecule has 1 aromatic heterocycles. The van der Waals surface area contributed by atoms with Gasteiger partial charge in [-0.3, -0.25) is 0 Å². The summed E-state index contributed by atoms with van der Waals surface area (Å²) in [7, 11) is 0. The molecule has 0 bridgehead atoms.